The lowest BCUT2D eigenvalue weighted by molar-refractivity contribution is -0.126. The van der Waals surface area contributed by atoms with E-state index in [0.717, 1.165) is 58.2 Å². The van der Waals surface area contributed by atoms with Gasteiger partial charge >= 0.3 is 0 Å². The Kier molecular flexibility index (Phi) is 5.81. The van der Waals surface area contributed by atoms with E-state index in [0.29, 0.717) is 19.1 Å². The molecule has 0 aromatic heterocycles. The zero-order valence-corrected chi connectivity index (χ0v) is 12.4. The summed E-state index contributed by atoms with van der Waals surface area (Å²) in [5.41, 5.74) is 5.51. The quantitative estimate of drug-likeness (QED) is 0.619. The largest absolute Gasteiger partial charge is 0.396 e. The van der Waals surface area contributed by atoms with Crippen molar-refractivity contribution in [1.29, 1.82) is 0 Å². The van der Waals surface area contributed by atoms with E-state index in [4.69, 9.17) is 5.73 Å². The van der Waals surface area contributed by atoms with Gasteiger partial charge in [-0.05, 0) is 51.1 Å². The van der Waals surface area contributed by atoms with Crippen LogP contribution >= 0.6 is 0 Å². The minimum absolute atomic E-state index is 0.0295. The first-order valence-electron chi connectivity index (χ1n) is 8.04. The molecule has 0 aromatic rings. The van der Waals surface area contributed by atoms with Gasteiger partial charge in [-0.1, -0.05) is 12.8 Å². The molecular formula is C15H29N3O2. The first kappa shape index (κ1) is 15.7. The fourth-order valence-corrected chi connectivity index (χ4v) is 3.42. The van der Waals surface area contributed by atoms with E-state index in [-0.39, 0.29) is 5.91 Å². The van der Waals surface area contributed by atoms with Gasteiger partial charge in [-0.25, -0.2) is 0 Å². The Hall–Kier alpha value is -0.650. The highest BCUT2D eigenvalue weighted by atomic mass is 16.3. The van der Waals surface area contributed by atoms with Crippen LogP contribution in [0.25, 0.3) is 0 Å². The molecule has 1 aliphatic carbocycles. The molecule has 4 N–H and O–H groups in total. The number of aliphatic hydroxyl groups excluding tert-OH is 1. The molecule has 0 radical (unpaired) electrons. The average molecular weight is 283 g/mol. The van der Waals surface area contributed by atoms with Crippen LogP contribution in [0, 0.1) is 5.92 Å². The van der Waals surface area contributed by atoms with Gasteiger partial charge in [0.25, 0.3) is 0 Å². The Morgan fingerprint density at radius 1 is 1.35 bits per heavy atom. The Bertz CT molecular complexity index is 316. The summed E-state index contributed by atoms with van der Waals surface area (Å²) < 4.78 is 0. The average Bonchev–Trinajstić information content (AvgIpc) is 2.92. The summed E-state index contributed by atoms with van der Waals surface area (Å²) in [7, 11) is 0. The first-order valence-corrected chi connectivity index (χ1v) is 8.04. The molecule has 0 unspecified atom stereocenters. The van der Waals surface area contributed by atoms with Crippen molar-refractivity contribution in [3.8, 4) is 0 Å². The number of hydrogen-bond acceptors (Lipinski definition) is 4. The van der Waals surface area contributed by atoms with Crippen LogP contribution < -0.4 is 11.1 Å². The van der Waals surface area contributed by atoms with Crippen LogP contribution in [0.4, 0.5) is 0 Å². The van der Waals surface area contributed by atoms with E-state index in [9.17, 15) is 9.90 Å². The summed E-state index contributed by atoms with van der Waals surface area (Å²) in [6.07, 6.45) is 7.05. The fraction of sp³-hybridized carbons (Fsp3) is 0.933. The van der Waals surface area contributed by atoms with Gasteiger partial charge in [0, 0.05) is 19.7 Å². The van der Waals surface area contributed by atoms with E-state index in [1.807, 2.05) is 0 Å². The number of nitrogens with two attached hydrogens (primary N) is 1. The Morgan fingerprint density at radius 3 is 2.80 bits per heavy atom. The lowest BCUT2D eigenvalue weighted by Crippen LogP contribution is -2.52. The molecule has 2 fully saturated rings. The van der Waals surface area contributed by atoms with Crippen molar-refractivity contribution in [2.45, 2.75) is 50.5 Å². The second kappa shape index (κ2) is 7.38. The van der Waals surface area contributed by atoms with Crippen molar-refractivity contribution >= 4 is 5.91 Å². The maximum absolute atomic E-state index is 12.0. The number of rotatable bonds is 6. The van der Waals surface area contributed by atoms with Gasteiger partial charge < -0.3 is 21.1 Å². The lowest BCUT2D eigenvalue weighted by Gasteiger charge is -2.31. The molecule has 0 aromatic carbocycles. The standard InChI is InChI=1S/C15H29N3O2/c16-15(6-1-2-7-15)14(20)17-8-4-10-18-9-3-5-13(11-18)12-19/h13,19H,1-12,16H2,(H,17,20)/t13-/m0/s1. The van der Waals surface area contributed by atoms with E-state index < -0.39 is 5.54 Å². The van der Waals surface area contributed by atoms with Crippen molar-refractivity contribution in [3.05, 3.63) is 0 Å². The molecule has 1 atom stereocenters. The number of aliphatic hydroxyl groups is 1. The Labute approximate surface area is 121 Å². The summed E-state index contributed by atoms with van der Waals surface area (Å²) >= 11 is 0. The third-order valence-electron chi connectivity index (χ3n) is 4.75. The molecular weight excluding hydrogens is 254 g/mol. The van der Waals surface area contributed by atoms with Gasteiger partial charge in [0.15, 0.2) is 0 Å². The Morgan fingerprint density at radius 2 is 2.10 bits per heavy atom. The van der Waals surface area contributed by atoms with Crippen molar-refractivity contribution in [2.24, 2.45) is 11.7 Å². The van der Waals surface area contributed by atoms with Gasteiger partial charge in [-0.3, -0.25) is 4.79 Å². The number of carbonyl (C=O) groups is 1. The molecule has 2 rings (SSSR count). The van der Waals surface area contributed by atoms with Crippen LogP contribution in [0.5, 0.6) is 0 Å². The number of likely N-dealkylation sites (tertiary alicyclic amines) is 1. The van der Waals surface area contributed by atoms with Crippen LogP contribution in [0.2, 0.25) is 0 Å². The monoisotopic (exact) mass is 283 g/mol. The summed E-state index contributed by atoms with van der Waals surface area (Å²) in [6.45, 7) is 4.10. The highest BCUT2D eigenvalue weighted by molar-refractivity contribution is 5.86. The number of carbonyl (C=O) groups excluding carboxylic acids is 1. The summed E-state index contributed by atoms with van der Waals surface area (Å²) in [6, 6.07) is 0. The number of piperidine rings is 1. The molecule has 1 heterocycles. The topological polar surface area (TPSA) is 78.6 Å². The van der Waals surface area contributed by atoms with E-state index in [1.165, 1.54) is 6.42 Å². The SMILES string of the molecule is NC1(C(=O)NCCCN2CCC[C@H](CO)C2)CCCC1. The van der Waals surface area contributed by atoms with Crippen molar-refractivity contribution in [2.75, 3.05) is 32.8 Å². The van der Waals surface area contributed by atoms with Crippen LogP contribution in [0.3, 0.4) is 0 Å². The molecule has 1 aliphatic heterocycles. The molecule has 5 heteroatoms. The predicted molar refractivity (Wildman–Crippen MR) is 79.3 cm³/mol. The van der Waals surface area contributed by atoms with Crippen LogP contribution in [-0.2, 0) is 4.79 Å². The van der Waals surface area contributed by atoms with Gasteiger partial charge in [0.1, 0.15) is 0 Å². The fourth-order valence-electron chi connectivity index (χ4n) is 3.42. The smallest absolute Gasteiger partial charge is 0.240 e. The third-order valence-corrected chi connectivity index (χ3v) is 4.75. The third kappa shape index (κ3) is 4.17. The van der Waals surface area contributed by atoms with E-state index >= 15 is 0 Å². The molecule has 1 amide bonds. The zero-order chi connectivity index (χ0) is 14.4. The summed E-state index contributed by atoms with van der Waals surface area (Å²) in [5, 5.41) is 12.2. The first-order chi connectivity index (χ1) is 9.64. The van der Waals surface area contributed by atoms with Crippen LogP contribution in [0.1, 0.15) is 44.9 Å². The minimum atomic E-state index is -0.604. The van der Waals surface area contributed by atoms with Gasteiger partial charge in [-0.2, -0.15) is 0 Å². The molecule has 20 heavy (non-hydrogen) atoms. The van der Waals surface area contributed by atoms with Gasteiger partial charge in [0.05, 0.1) is 5.54 Å². The van der Waals surface area contributed by atoms with E-state index in [2.05, 4.69) is 10.2 Å². The molecule has 0 bridgehead atoms. The Balaban J connectivity index is 1.60. The van der Waals surface area contributed by atoms with E-state index in [1.54, 1.807) is 0 Å². The van der Waals surface area contributed by atoms with Crippen LogP contribution in [-0.4, -0.2) is 54.2 Å². The number of nitrogens with one attached hydrogen (secondary N) is 1. The molecule has 0 spiro atoms. The lowest BCUT2D eigenvalue weighted by atomic mass is 9.98. The zero-order valence-electron chi connectivity index (χ0n) is 12.4. The molecule has 5 nitrogen and oxygen atoms in total. The van der Waals surface area contributed by atoms with Gasteiger partial charge in [0.2, 0.25) is 5.91 Å². The van der Waals surface area contributed by atoms with Crippen LogP contribution in [0.15, 0.2) is 0 Å². The second-order valence-electron chi connectivity index (χ2n) is 6.46. The van der Waals surface area contributed by atoms with Gasteiger partial charge in [-0.15, -0.1) is 0 Å². The number of hydrogen-bond donors (Lipinski definition) is 3. The van der Waals surface area contributed by atoms with Crippen molar-refractivity contribution < 1.29 is 9.90 Å². The minimum Gasteiger partial charge on any atom is -0.396 e. The normalized spacial score (nSPS) is 26.6. The summed E-state index contributed by atoms with van der Waals surface area (Å²) in [5.74, 6) is 0.464. The highest BCUT2D eigenvalue weighted by Gasteiger charge is 2.36. The number of nitrogens with zero attached hydrogens (tertiary/aromatic N) is 1. The molecule has 1 saturated heterocycles. The maximum Gasteiger partial charge on any atom is 0.240 e. The maximum atomic E-state index is 12.0. The predicted octanol–water partition coefficient (Wildman–Crippen LogP) is 0.468. The molecule has 1 saturated carbocycles. The van der Waals surface area contributed by atoms with Crippen molar-refractivity contribution in [1.82, 2.24) is 10.2 Å². The molecule has 2 aliphatic rings. The summed E-state index contributed by atoms with van der Waals surface area (Å²) in [4.78, 5) is 14.4. The van der Waals surface area contributed by atoms with Crippen molar-refractivity contribution in [3.63, 3.8) is 0 Å². The second-order valence-corrected chi connectivity index (χ2v) is 6.46. The number of amides is 1. The highest BCUT2D eigenvalue weighted by Crippen LogP contribution is 2.27. The molecule has 116 valence electrons.